The molecule has 0 saturated heterocycles. The van der Waals surface area contributed by atoms with Crippen LogP contribution < -0.4 is 5.32 Å². The van der Waals surface area contributed by atoms with E-state index in [1.54, 1.807) is 0 Å². The Morgan fingerprint density at radius 1 is 1.00 bits per heavy atom. The van der Waals surface area contributed by atoms with E-state index in [2.05, 4.69) is 48.6 Å². The van der Waals surface area contributed by atoms with Crippen LogP contribution in [0.15, 0.2) is 54.6 Å². The summed E-state index contributed by atoms with van der Waals surface area (Å²) in [7, 11) is 0. The highest BCUT2D eigenvalue weighted by Crippen LogP contribution is 2.20. The summed E-state index contributed by atoms with van der Waals surface area (Å²) >= 11 is 0. The molecule has 2 atom stereocenters. The minimum atomic E-state index is -0.960. The van der Waals surface area contributed by atoms with E-state index in [1.165, 1.54) is 5.56 Å². The third kappa shape index (κ3) is 8.48. The maximum absolute atomic E-state index is 12.2. The molecule has 0 bridgehead atoms. The van der Waals surface area contributed by atoms with Crippen molar-refractivity contribution < 1.29 is 19.4 Å². The van der Waals surface area contributed by atoms with E-state index >= 15 is 0 Å². The monoisotopic (exact) mass is 397 g/mol. The van der Waals surface area contributed by atoms with Crippen LogP contribution in [0.4, 0.5) is 0 Å². The maximum Gasteiger partial charge on any atom is 0.303 e. The molecule has 29 heavy (non-hydrogen) atoms. The first kappa shape index (κ1) is 22.6. The molecule has 1 amide bonds. The largest absolute Gasteiger partial charge is 0.481 e. The number of amides is 1. The van der Waals surface area contributed by atoms with Gasteiger partial charge in [-0.15, -0.1) is 0 Å². The Labute approximate surface area is 173 Å². The lowest BCUT2D eigenvalue weighted by Gasteiger charge is -2.22. The summed E-state index contributed by atoms with van der Waals surface area (Å²) in [5, 5.41) is 11.8. The SMILES string of the molecule is CCOCC(C)CC(Cc1ccc(-c2ccccc2)cc1)NC(=O)CCC(=O)O. The molecule has 2 aromatic carbocycles. The van der Waals surface area contributed by atoms with Gasteiger partial charge in [-0.25, -0.2) is 0 Å². The van der Waals surface area contributed by atoms with Gasteiger partial charge in [-0.05, 0) is 42.4 Å². The normalized spacial score (nSPS) is 12.9. The summed E-state index contributed by atoms with van der Waals surface area (Å²) in [5.41, 5.74) is 3.46. The van der Waals surface area contributed by atoms with Crippen LogP contribution in [0, 0.1) is 5.92 Å². The van der Waals surface area contributed by atoms with Gasteiger partial charge >= 0.3 is 5.97 Å². The highest BCUT2D eigenvalue weighted by atomic mass is 16.5. The van der Waals surface area contributed by atoms with Crippen molar-refractivity contribution in [3.05, 3.63) is 60.2 Å². The van der Waals surface area contributed by atoms with Crippen molar-refractivity contribution in [3.8, 4) is 11.1 Å². The summed E-state index contributed by atoms with van der Waals surface area (Å²) in [4.78, 5) is 22.9. The van der Waals surface area contributed by atoms with Crippen LogP contribution in [0.1, 0.15) is 38.7 Å². The number of carbonyl (C=O) groups excluding carboxylic acids is 1. The zero-order valence-electron chi connectivity index (χ0n) is 17.3. The number of ether oxygens (including phenoxy) is 1. The zero-order chi connectivity index (χ0) is 21.1. The number of hydrogen-bond donors (Lipinski definition) is 2. The van der Waals surface area contributed by atoms with Gasteiger partial charge in [0.15, 0.2) is 0 Å². The predicted molar refractivity (Wildman–Crippen MR) is 115 cm³/mol. The van der Waals surface area contributed by atoms with Crippen LogP contribution in [-0.2, 0) is 20.7 Å². The fraction of sp³-hybridized carbons (Fsp3) is 0.417. The second-order valence-electron chi connectivity index (χ2n) is 7.43. The first-order valence-corrected chi connectivity index (χ1v) is 10.2. The molecule has 0 heterocycles. The van der Waals surface area contributed by atoms with Crippen LogP contribution in [0.25, 0.3) is 11.1 Å². The van der Waals surface area contributed by atoms with E-state index in [9.17, 15) is 9.59 Å². The molecule has 2 rings (SSSR count). The van der Waals surface area contributed by atoms with Gasteiger partial charge in [-0.2, -0.15) is 0 Å². The minimum absolute atomic E-state index is 0.00137. The molecule has 0 aliphatic carbocycles. The number of hydrogen-bond acceptors (Lipinski definition) is 3. The van der Waals surface area contributed by atoms with E-state index in [4.69, 9.17) is 9.84 Å². The van der Waals surface area contributed by atoms with E-state index in [1.807, 2.05) is 25.1 Å². The number of nitrogens with one attached hydrogen (secondary N) is 1. The summed E-state index contributed by atoms with van der Waals surface area (Å²) in [6.45, 7) is 5.38. The third-order valence-electron chi connectivity index (χ3n) is 4.77. The molecule has 0 fully saturated rings. The zero-order valence-corrected chi connectivity index (χ0v) is 17.3. The molecule has 0 aliphatic rings. The number of rotatable bonds is 12. The molecule has 2 N–H and O–H groups in total. The Hall–Kier alpha value is -2.66. The van der Waals surface area contributed by atoms with Gasteiger partial charge in [-0.1, -0.05) is 61.5 Å². The van der Waals surface area contributed by atoms with Crippen LogP contribution in [0.3, 0.4) is 0 Å². The quantitative estimate of drug-likeness (QED) is 0.560. The molecule has 0 aliphatic heterocycles. The second kappa shape index (κ2) is 12.0. The third-order valence-corrected chi connectivity index (χ3v) is 4.77. The summed E-state index contributed by atoms with van der Waals surface area (Å²) in [5.74, 6) is -0.886. The van der Waals surface area contributed by atoms with E-state index < -0.39 is 5.97 Å². The van der Waals surface area contributed by atoms with Crippen LogP contribution in [0.5, 0.6) is 0 Å². The molecule has 156 valence electrons. The lowest BCUT2D eigenvalue weighted by atomic mass is 9.95. The van der Waals surface area contributed by atoms with Crippen molar-refractivity contribution in [2.75, 3.05) is 13.2 Å². The standard InChI is InChI=1S/C24H31NO4/c1-3-29-17-18(2)15-22(25-23(26)13-14-24(27)28)16-19-9-11-21(12-10-19)20-7-5-4-6-8-20/h4-12,18,22H,3,13-17H2,1-2H3,(H,25,26)(H,27,28). The maximum atomic E-state index is 12.2. The van der Waals surface area contributed by atoms with Gasteiger partial charge in [0.1, 0.15) is 0 Å². The highest BCUT2D eigenvalue weighted by molar-refractivity contribution is 5.80. The number of carboxylic acids is 1. The molecule has 2 aromatic rings. The van der Waals surface area contributed by atoms with Gasteiger partial charge in [0.05, 0.1) is 6.42 Å². The predicted octanol–water partition coefficient (Wildman–Crippen LogP) is 4.31. The van der Waals surface area contributed by atoms with Crippen LogP contribution in [-0.4, -0.2) is 36.2 Å². The van der Waals surface area contributed by atoms with Gasteiger partial charge in [0.2, 0.25) is 5.91 Å². The lowest BCUT2D eigenvalue weighted by molar-refractivity contribution is -0.139. The fourth-order valence-electron chi connectivity index (χ4n) is 3.33. The molecular weight excluding hydrogens is 366 g/mol. The van der Waals surface area contributed by atoms with Gasteiger partial charge < -0.3 is 15.2 Å². The summed E-state index contributed by atoms with van der Waals surface area (Å²) in [6.07, 6.45) is 1.32. The lowest BCUT2D eigenvalue weighted by Crippen LogP contribution is -2.38. The Morgan fingerprint density at radius 3 is 2.28 bits per heavy atom. The Kier molecular flexibility index (Phi) is 9.38. The summed E-state index contributed by atoms with van der Waals surface area (Å²) < 4.78 is 5.50. The van der Waals surface area contributed by atoms with E-state index in [0.29, 0.717) is 25.6 Å². The van der Waals surface area contributed by atoms with Gasteiger partial charge in [0, 0.05) is 25.7 Å². The van der Waals surface area contributed by atoms with Crippen molar-refractivity contribution in [2.45, 2.75) is 45.6 Å². The highest BCUT2D eigenvalue weighted by Gasteiger charge is 2.17. The molecule has 0 saturated carbocycles. The minimum Gasteiger partial charge on any atom is -0.481 e. The topological polar surface area (TPSA) is 75.6 Å². The van der Waals surface area contributed by atoms with Crippen LogP contribution in [0.2, 0.25) is 0 Å². The van der Waals surface area contributed by atoms with E-state index in [0.717, 1.165) is 17.5 Å². The molecule has 0 spiro atoms. The molecule has 0 radical (unpaired) electrons. The second-order valence-corrected chi connectivity index (χ2v) is 7.43. The average molecular weight is 398 g/mol. The van der Waals surface area contributed by atoms with Crippen LogP contribution >= 0.6 is 0 Å². The average Bonchev–Trinajstić information content (AvgIpc) is 2.72. The van der Waals surface area contributed by atoms with Gasteiger partial charge in [-0.3, -0.25) is 9.59 Å². The number of benzene rings is 2. The van der Waals surface area contributed by atoms with Crippen molar-refractivity contribution in [2.24, 2.45) is 5.92 Å². The van der Waals surface area contributed by atoms with E-state index in [-0.39, 0.29) is 24.8 Å². The smallest absolute Gasteiger partial charge is 0.303 e. The molecule has 0 aromatic heterocycles. The molecule has 5 nitrogen and oxygen atoms in total. The Balaban J connectivity index is 2.02. The van der Waals surface area contributed by atoms with Crippen molar-refractivity contribution in [3.63, 3.8) is 0 Å². The number of carbonyl (C=O) groups is 2. The van der Waals surface area contributed by atoms with Crippen molar-refractivity contribution in [1.82, 2.24) is 5.32 Å². The first-order valence-electron chi connectivity index (χ1n) is 10.2. The summed E-state index contributed by atoms with van der Waals surface area (Å²) in [6, 6.07) is 18.5. The van der Waals surface area contributed by atoms with Crippen molar-refractivity contribution in [1.29, 1.82) is 0 Å². The molecule has 2 unspecified atom stereocenters. The number of carboxylic acid groups (broad SMARTS) is 1. The van der Waals surface area contributed by atoms with Crippen molar-refractivity contribution >= 4 is 11.9 Å². The molecular formula is C24H31NO4. The Bertz CT molecular complexity index is 758. The number of aliphatic carboxylic acids is 1. The van der Waals surface area contributed by atoms with Gasteiger partial charge in [0.25, 0.3) is 0 Å². The first-order chi connectivity index (χ1) is 14.0. The fourth-order valence-corrected chi connectivity index (χ4v) is 3.33. The Morgan fingerprint density at radius 2 is 1.66 bits per heavy atom. The molecule has 5 heteroatoms.